The number of hydrogen-bond donors (Lipinski definition) is 1. The first-order valence-electron chi connectivity index (χ1n) is 7.39. The van der Waals surface area contributed by atoms with Crippen molar-refractivity contribution in [1.82, 2.24) is 0 Å². The SMILES string of the molecule is Cc1cccc(C=NC2CC3CC2C([N+](=O)[O-])C3)c1O.[Cl][Zr][Cl]. The summed E-state index contributed by atoms with van der Waals surface area (Å²) >= 11 is -0.826. The molecule has 1 N–H and O–H groups in total. The minimum absolute atomic E-state index is 0.0315. The number of fused-ring (bicyclic) bond motifs is 2. The molecule has 1 aromatic carbocycles. The molecule has 2 aliphatic rings. The van der Waals surface area contributed by atoms with Gasteiger partial charge in [-0.05, 0) is 37.3 Å². The Kier molecular flexibility index (Phi) is 7.05. The van der Waals surface area contributed by atoms with Gasteiger partial charge in [0.15, 0.2) is 0 Å². The van der Waals surface area contributed by atoms with Gasteiger partial charge in [0.2, 0.25) is 6.04 Å². The standard InChI is InChI=1S/C15H18N2O3.2ClH.Zr/c1-9-3-2-4-11(15(9)18)8-16-13-6-10-5-12(13)14(7-10)17(19)20;;;/h2-4,8,10,12-14,18H,5-7H2,1H3;2*1H;/q;;;+2/p-2. The molecule has 2 saturated carbocycles. The summed E-state index contributed by atoms with van der Waals surface area (Å²) in [5, 5.41) is 21.0. The fourth-order valence-electron chi connectivity index (χ4n) is 3.65. The van der Waals surface area contributed by atoms with Gasteiger partial charge in [-0.3, -0.25) is 15.1 Å². The third-order valence-corrected chi connectivity index (χ3v) is 4.69. The average molecular weight is 436 g/mol. The predicted octanol–water partition coefficient (Wildman–Crippen LogP) is 3.94. The number of halogens is 2. The van der Waals surface area contributed by atoms with Gasteiger partial charge in [0.05, 0.1) is 6.04 Å². The Morgan fingerprint density at radius 3 is 2.70 bits per heavy atom. The van der Waals surface area contributed by atoms with Gasteiger partial charge < -0.3 is 5.11 Å². The second-order valence-electron chi connectivity index (χ2n) is 6.02. The van der Waals surface area contributed by atoms with Crippen LogP contribution < -0.4 is 0 Å². The van der Waals surface area contributed by atoms with E-state index in [9.17, 15) is 15.2 Å². The third-order valence-electron chi connectivity index (χ3n) is 4.69. The fraction of sp³-hybridized carbons (Fsp3) is 0.533. The Morgan fingerprint density at radius 1 is 1.39 bits per heavy atom. The van der Waals surface area contributed by atoms with Crippen LogP contribution >= 0.6 is 17.0 Å². The second-order valence-corrected chi connectivity index (χ2v) is 9.75. The molecule has 0 aliphatic heterocycles. The van der Waals surface area contributed by atoms with Crippen molar-refractivity contribution in [3.63, 3.8) is 0 Å². The first-order chi connectivity index (χ1) is 11.0. The molecule has 2 bridgehead atoms. The zero-order valence-electron chi connectivity index (χ0n) is 12.7. The summed E-state index contributed by atoms with van der Waals surface area (Å²) in [7, 11) is 9.87. The number of rotatable bonds is 3. The number of hydrogen-bond acceptors (Lipinski definition) is 4. The Hall–Kier alpha value is -0.447. The number of aryl methyl sites for hydroxylation is 1. The molecule has 5 nitrogen and oxygen atoms in total. The number of phenols is 1. The van der Waals surface area contributed by atoms with E-state index in [0.29, 0.717) is 17.9 Å². The van der Waals surface area contributed by atoms with Gasteiger partial charge in [0, 0.05) is 29.0 Å². The molecule has 23 heavy (non-hydrogen) atoms. The van der Waals surface area contributed by atoms with Crippen LogP contribution in [-0.2, 0) is 20.8 Å². The Morgan fingerprint density at radius 2 is 2.09 bits per heavy atom. The van der Waals surface area contributed by atoms with Crippen molar-refractivity contribution in [3.8, 4) is 5.75 Å². The molecule has 8 heteroatoms. The Bertz CT molecular complexity index is 600. The number of phenolic OH excluding ortho intramolecular Hbond substituents is 1. The van der Waals surface area contributed by atoms with Crippen LogP contribution in [0.3, 0.4) is 0 Å². The molecule has 0 heterocycles. The fourth-order valence-corrected chi connectivity index (χ4v) is 3.65. The molecule has 124 valence electrons. The summed E-state index contributed by atoms with van der Waals surface area (Å²) in [5.41, 5.74) is 1.50. The monoisotopic (exact) mass is 434 g/mol. The Labute approximate surface area is 153 Å². The average Bonchev–Trinajstić information content (AvgIpc) is 3.10. The number of nitrogens with zero attached hydrogens (tertiary/aromatic N) is 2. The van der Waals surface area contributed by atoms with Crippen molar-refractivity contribution in [2.24, 2.45) is 16.8 Å². The van der Waals surface area contributed by atoms with Crippen LogP contribution in [0.15, 0.2) is 23.2 Å². The van der Waals surface area contributed by atoms with Crippen LogP contribution in [0, 0.1) is 28.9 Å². The third kappa shape index (κ3) is 4.55. The maximum absolute atomic E-state index is 11.0. The molecule has 0 amide bonds. The van der Waals surface area contributed by atoms with E-state index >= 15 is 0 Å². The summed E-state index contributed by atoms with van der Waals surface area (Å²) in [6, 6.07) is 5.12. The van der Waals surface area contributed by atoms with Crippen molar-refractivity contribution in [2.75, 3.05) is 0 Å². The number of nitro groups is 1. The molecule has 0 spiro atoms. The maximum atomic E-state index is 11.0. The molecule has 0 aromatic heterocycles. The topological polar surface area (TPSA) is 75.7 Å². The minimum atomic E-state index is -0.826. The molecule has 0 saturated heterocycles. The first-order valence-corrected chi connectivity index (χ1v) is 13.7. The molecule has 4 atom stereocenters. The molecule has 3 rings (SSSR count). The molecule has 0 radical (unpaired) electrons. The molecule has 2 fully saturated rings. The number of aromatic hydroxyl groups is 1. The summed E-state index contributed by atoms with van der Waals surface area (Å²) in [6.45, 7) is 1.84. The molecule has 2 aliphatic carbocycles. The van der Waals surface area contributed by atoms with Gasteiger partial charge in [0.1, 0.15) is 5.75 Å². The second kappa shape index (κ2) is 8.59. The van der Waals surface area contributed by atoms with Crippen LogP contribution in [-0.4, -0.2) is 28.3 Å². The Balaban J connectivity index is 0.000000595. The van der Waals surface area contributed by atoms with Crippen LogP contribution in [0.1, 0.15) is 30.4 Å². The zero-order valence-corrected chi connectivity index (χ0v) is 16.6. The van der Waals surface area contributed by atoms with Crippen molar-refractivity contribution < 1.29 is 30.9 Å². The van der Waals surface area contributed by atoms with Crippen molar-refractivity contribution in [1.29, 1.82) is 0 Å². The van der Waals surface area contributed by atoms with Gasteiger partial charge in [-0.15, -0.1) is 0 Å². The van der Waals surface area contributed by atoms with E-state index in [1.54, 1.807) is 6.21 Å². The number of benzene rings is 1. The number of para-hydroxylation sites is 1. The van der Waals surface area contributed by atoms with E-state index < -0.39 is 26.9 Å². The van der Waals surface area contributed by atoms with Gasteiger partial charge in [-0.25, -0.2) is 0 Å². The normalized spacial score (nSPS) is 28.5. The van der Waals surface area contributed by atoms with E-state index in [1.807, 2.05) is 25.1 Å². The van der Waals surface area contributed by atoms with Crippen molar-refractivity contribution in [2.45, 2.75) is 38.3 Å². The van der Waals surface area contributed by atoms with Crippen molar-refractivity contribution in [3.05, 3.63) is 39.4 Å². The molecule has 1 aromatic rings. The van der Waals surface area contributed by atoms with Gasteiger partial charge in [-0.2, -0.15) is 0 Å². The van der Waals surface area contributed by atoms with E-state index in [2.05, 4.69) is 4.99 Å². The van der Waals surface area contributed by atoms with Gasteiger partial charge in [-0.1, -0.05) is 12.1 Å². The summed E-state index contributed by atoms with van der Waals surface area (Å²) < 4.78 is 0. The van der Waals surface area contributed by atoms with E-state index in [0.717, 1.165) is 18.4 Å². The first kappa shape index (κ1) is 18.9. The predicted molar refractivity (Wildman–Crippen MR) is 87.5 cm³/mol. The summed E-state index contributed by atoms with van der Waals surface area (Å²) in [4.78, 5) is 15.4. The summed E-state index contributed by atoms with van der Waals surface area (Å²) in [6.07, 6.45) is 4.25. The zero-order chi connectivity index (χ0) is 17.0. The van der Waals surface area contributed by atoms with Crippen LogP contribution in [0.25, 0.3) is 0 Å². The van der Waals surface area contributed by atoms with Crippen LogP contribution in [0.5, 0.6) is 5.75 Å². The van der Waals surface area contributed by atoms with E-state index in [-0.39, 0.29) is 22.6 Å². The van der Waals surface area contributed by atoms with Crippen LogP contribution in [0.4, 0.5) is 0 Å². The molecule has 4 unspecified atom stereocenters. The molecular weight excluding hydrogens is 418 g/mol. The van der Waals surface area contributed by atoms with E-state index in [1.165, 1.54) is 0 Å². The number of aliphatic imine (C=N–C) groups is 1. The van der Waals surface area contributed by atoms with Crippen LogP contribution in [0.2, 0.25) is 0 Å². The van der Waals surface area contributed by atoms with Gasteiger partial charge in [0.25, 0.3) is 0 Å². The quantitative estimate of drug-likeness (QED) is 0.443. The van der Waals surface area contributed by atoms with E-state index in [4.69, 9.17) is 17.0 Å². The summed E-state index contributed by atoms with van der Waals surface area (Å²) in [5.74, 6) is 0.757. The van der Waals surface area contributed by atoms with Gasteiger partial charge >= 0.3 is 37.9 Å². The molecular formula is C15H18Cl2N2O3Zr. The van der Waals surface area contributed by atoms with Crippen molar-refractivity contribution >= 4 is 23.2 Å².